The molecule has 1 fully saturated rings. The molecule has 1 atom stereocenters. The van der Waals surface area contributed by atoms with Gasteiger partial charge in [0.2, 0.25) is 0 Å². The van der Waals surface area contributed by atoms with Crippen molar-refractivity contribution < 1.29 is 24.2 Å². The van der Waals surface area contributed by atoms with Crippen molar-refractivity contribution in [3.8, 4) is 11.5 Å². The maximum Gasteiger partial charge on any atom is 0.301 e. The molecule has 1 aliphatic heterocycles. The maximum atomic E-state index is 13.5. The molecule has 0 bridgehead atoms. The van der Waals surface area contributed by atoms with Crippen molar-refractivity contribution >= 4 is 44.1 Å². The number of anilines is 1. The quantitative estimate of drug-likeness (QED) is 0.164. The average molecular weight is 529 g/mol. The van der Waals surface area contributed by atoms with Crippen LogP contribution in [0.5, 0.6) is 11.5 Å². The number of aliphatic hydroxyl groups is 1. The molecule has 0 saturated carbocycles. The molecule has 0 spiro atoms. The largest absolute Gasteiger partial charge is 0.507 e. The Morgan fingerprint density at radius 2 is 1.58 bits per heavy atom. The minimum Gasteiger partial charge on any atom is -0.507 e. The number of aliphatic hydroxyl groups excluding tert-OH is 1. The van der Waals surface area contributed by atoms with E-state index >= 15 is 0 Å². The number of Topliss-reactive ketones (excluding diaryl/α,β-unsaturated/α-hetero) is 1. The van der Waals surface area contributed by atoms with E-state index in [-0.39, 0.29) is 11.3 Å². The number of hydrogen-bond acceptors (Lipinski definition) is 7. The van der Waals surface area contributed by atoms with Gasteiger partial charge < -0.3 is 14.6 Å². The number of thiazole rings is 1. The van der Waals surface area contributed by atoms with E-state index in [4.69, 9.17) is 9.47 Å². The first-order chi connectivity index (χ1) is 18.4. The van der Waals surface area contributed by atoms with Gasteiger partial charge in [0.1, 0.15) is 17.3 Å². The number of carbonyl (C=O) groups excluding carboxylic acids is 2. The molecule has 38 heavy (non-hydrogen) atoms. The van der Waals surface area contributed by atoms with Crippen molar-refractivity contribution in [1.29, 1.82) is 0 Å². The van der Waals surface area contributed by atoms with Gasteiger partial charge in [-0.2, -0.15) is 0 Å². The van der Waals surface area contributed by atoms with Crippen LogP contribution in [0.1, 0.15) is 43.5 Å². The third kappa shape index (κ3) is 4.63. The molecule has 1 unspecified atom stereocenters. The zero-order valence-electron chi connectivity index (χ0n) is 21.4. The van der Waals surface area contributed by atoms with Crippen molar-refractivity contribution in [2.45, 2.75) is 33.2 Å². The summed E-state index contributed by atoms with van der Waals surface area (Å²) in [7, 11) is 0. The number of nitrogens with zero attached hydrogens (tertiary/aromatic N) is 2. The van der Waals surface area contributed by atoms with E-state index in [0.29, 0.717) is 46.5 Å². The third-order valence-corrected chi connectivity index (χ3v) is 7.47. The van der Waals surface area contributed by atoms with Crippen LogP contribution in [0.2, 0.25) is 0 Å². The van der Waals surface area contributed by atoms with Gasteiger partial charge in [-0.15, -0.1) is 0 Å². The summed E-state index contributed by atoms with van der Waals surface area (Å²) in [5, 5.41) is 11.7. The number of ketones is 1. The average Bonchev–Trinajstić information content (AvgIpc) is 3.47. The van der Waals surface area contributed by atoms with Crippen LogP contribution in [0.4, 0.5) is 5.13 Å². The number of amides is 1. The molecule has 1 N–H and O–H groups in total. The smallest absolute Gasteiger partial charge is 0.301 e. The summed E-state index contributed by atoms with van der Waals surface area (Å²) in [6, 6.07) is 19.3. The topological polar surface area (TPSA) is 89.0 Å². The number of ether oxygens (including phenoxy) is 2. The molecule has 2 heterocycles. The van der Waals surface area contributed by atoms with E-state index in [0.717, 1.165) is 16.7 Å². The molecule has 5 rings (SSSR count). The second kappa shape index (κ2) is 10.7. The zero-order chi connectivity index (χ0) is 26.8. The lowest BCUT2D eigenvalue weighted by Crippen LogP contribution is -2.29. The van der Waals surface area contributed by atoms with Crippen LogP contribution in [0, 0.1) is 0 Å². The van der Waals surface area contributed by atoms with Crippen molar-refractivity contribution in [3.63, 3.8) is 0 Å². The number of rotatable bonds is 8. The summed E-state index contributed by atoms with van der Waals surface area (Å²) in [4.78, 5) is 33.0. The number of carbonyl (C=O) groups is 2. The first-order valence-electron chi connectivity index (χ1n) is 12.6. The van der Waals surface area contributed by atoms with Crippen molar-refractivity contribution in [1.82, 2.24) is 4.98 Å². The van der Waals surface area contributed by atoms with Crippen molar-refractivity contribution in [2.75, 3.05) is 18.1 Å². The summed E-state index contributed by atoms with van der Waals surface area (Å²) < 4.78 is 11.9. The summed E-state index contributed by atoms with van der Waals surface area (Å²) in [5.41, 5.74) is 2.98. The number of benzene rings is 3. The highest BCUT2D eigenvalue weighted by molar-refractivity contribution is 7.22. The lowest BCUT2D eigenvalue weighted by Gasteiger charge is -2.23. The summed E-state index contributed by atoms with van der Waals surface area (Å²) in [5.74, 6) is -0.365. The van der Waals surface area contributed by atoms with E-state index in [1.807, 2.05) is 56.3 Å². The molecule has 8 heteroatoms. The van der Waals surface area contributed by atoms with Crippen LogP contribution in [-0.2, 0) is 16.0 Å². The normalized spacial score (nSPS) is 16.8. The van der Waals surface area contributed by atoms with Gasteiger partial charge >= 0.3 is 5.91 Å². The van der Waals surface area contributed by atoms with E-state index in [1.54, 1.807) is 24.3 Å². The van der Waals surface area contributed by atoms with Crippen LogP contribution in [0.3, 0.4) is 0 Å². The Kier molecular flexibility index (Phi) is 7.15. The monoisotopic (exact) mass is 528 g/mol. The Balaban J connectivity index is 1.65. The number of aryl methyl sites for hydroxylation is 1. The maximum absolute atomic E-state index is 13.5. The minimum absolute atomic E-state index is 0.0256. The van der Waals surface area contributed by atoms with Gasteiger partial charge in [0, 0.05) is 5.56 Å². The summed E-state index contributed by atoms with van der Waals surface area (Å²) >= 11 is 1.30. The van der Waals surface area contributed by atoms with Gasteiger partial charge in [-0.3, -0.25) is 14.5 Å². The fourth-order valence-corrected chi connectivity index (χ4v) is 5.59. The standard InChI is InChI=1S/C30H28N2O5S/c1-4-18-7-9-19(10-8-18)26-25(27(33)20-11-13-21(14-12-20)36-5-2)28(34)29(35)32(26)30-31-23-16-15-22(37-6-3)17-24(23)38-30/h7-17,26,33H,4-6H2,1-3H3/b27-25+. The van der Waals surface area contributed by atoms with Crippen molar-refractivity contribution in [3.05, 3.63) is 89.0 Å². The number of hydrogen-bond donors (Lipinski definition) is 1. The molecule has 1 aliphatic rings. The number of fused-ring (bicyclic) bond motifs is 1. The van der Waals surface area contributed by atoms with Gasteiger partial charge in [0.05, 0.1) is 35.0 Å². The molecule has 1 aromatic heterocycles. The van der Waals surface area contributed by atoms with Gasteiger partial charge in [0.25, 0.3) is 5.78 Å². The molecule has 3 aromatic carbocycles. The molecule has 194 valence electrons. The fraction of sp³-hybridized carbons (Fsp3) is 0.233. The van der Waals surface area contributed by atoms with Gasteiger partial charge in [-0.25, -0.2) is 4.98 Å². The van der Waals surface area contributed by atoms with E-state index in [1.165, 1.54) is 16.2 Å². The van der Waals surface area contributed by atoms with Crippen LogP contribution in [-0.4, -0.2) is 35.0 Å². The van der Waals surface area contributed by atoms with Gasteiger partial charge in [-0.1, -0.05) is 42.5 Å². The predicted octanol–water partition coefficient (Wildman–Crippen LogP) is 6.28. The molecule has 1 amide bonds. The van der Waals surface area contributed by atoms with E-state index < -0.39 is 17.7 Å². The lowest BCUT2D eigenvalue weighted by atomic mass is 9.94. The lowest BCUT2D eigenvalue weighted by molar-refractivity contribution is -0.132. The second-order valence-corrected chi connectivity index (χ2v) is 9.79. The third-order valence-electron chi connectivity index (χ3n) is 6.45. The molecule has 7 nitrogen and oxygen atoms in total. The van der Waals surface area contributed by atoms with Crippen LogP contribution < -0.4 is 14.4 Å². The Morgan fingerprint density at radius 3 is 2.24 bits per heavy atom. The Hall–Kier alpha value is -4.17. The van der Waals surface area contributed by atoms with E-state index in [2.05, 4.69) is 11.9 Å². The molecule has 0 radical (unpaired) electrons. The van der Waals surface area contributed by atoms with Crippen molar-refractivity contribution in [2.24, 2.45) is 0 Å². The fourth-order valence-electron chi connectivity index (χ4n) is 4.56. The highest BCUT2D eigenvalue weighted by Crippen LogP contribution is 2.44. The summed E-state index contributed by atoms with van der Waals surface area (Å²) in [6.07, 6.45) is 0.854. The second-order valence-electron chi connectivity index (χ2n) is 8.78. The highest BCUT2D eigenvalue weighted by Gasteiger charge is 2.48. The Morgan fingerprint density at radius 1 is 0.921 bits per heavy atom. The SMILES string of the molecule is CCOc1ccc(/C(O)=C2\C(=O)C(=O)N(c3nc4ccc(OCC)cc4s3)C2c2ccc(CC)cc2)cc1. The Bertz CT molecular complexity index is 1520. The molecule has 4 aromatic rings. The van der Waals surface area contributed by atoms with Gasteiger partial charge in [-0.05, 0) is 73.9 Å². The first-order valence-corrected chi connectivity index (χ1v) is 13.4. The molecular formula is C30H28N2O5S. The zero-order valence-corrected chi connectivity index (χ0v) is 22.2. The van der Waals surface area contributed by atoms with Gasteiger partial charge in [0.15, 0.2) is 5.13 Å². The van der Waals surface area contributed by atoms with Crippen LogP contribution in [0.15, 0.2) is 72.3 Å². The molecular weight excluding hydrogens is 500 g/mol. The highest BCUT2D eigenvalue weighted by atomic mass is 32.1. The first kappa shape index (κ1) is 25.5. The molecule has 0 aliphatic carbocycles. The molecule has 1 saturated heterocycles. The van der Waals surface area contributed by atoms with Crippen LogP contribution >= 0.6 is 11.3 Å². The van der Waals surface area contributed by atoms with Crippen LogP contribution in [0.25, 0.3) is 16.0 Å². The summed E-state index contributed by atoms with van der Waals surface area (Å²) in [6.45, 7) is 6.91. The van der Waals surface area contributed by atoms with E-state index in [9.17, 15) is 14.7 Å². The Labute approximate surface area is 225 Å². The predicted molar refractivity (Wildman–Crippen MR) is 149 cm³/mol. The minimum atomic E-state index is -0.834. The number of aromatic nitrogens is 1.